The van der Waals surface area contributed by atoms with Gasteiger partial charge in [0.1, 0.15) is 0 Å². The van der Waals surface area contributed by atoms with Crippen LogP contribution in [-0.4, -0.2) is 29.1 Å². The number of carboxylic acid groups (broad SMARTS) is 1. The standard InChI is InChI=1S/C14H19NO2/c1-11-13-6-3-2-5-12(13)8-10-15(11)9-4-7-14(16)17/h2-3,5-6,11H,4,7-10H2,1H3,(H,16,17)/t11-/m0/s1. The van der Waals surface area contributed by atoms with Crippen molar-refractivity contribution < 1.29 is 9.90 Å². The fraction of sp³-hybridized carbons (Fsp3) is 0.500. The number of carboxylic acids is 1. The highest BCUT2D eigenvalue weighted by atomic mass is 16.4. The van der Waals surface area contributed by atoms with E-state index in [4.69, 9.17) is 5.11 Å². The number of carbonyl (C=O) groups is 1. The molecule has 0 fully saturated rings. The van der Waals surface area contributed by atoms with E-state index in [1.165, 1.54) is 11.1 Å². The molecule has 0 amide bonds. The molecule has 0 saturated heterocycles. The summed E-state index contributed by atoms with van der Waals surface area (Å²) in [7, 11) is 0. The molecule has 2 rings (SSSR count). The summed E-state index contributed by atoms with van der Waals surface area (Å²) >= 11 is 0. The zero-order valence-electron chi connectivity index (χ0n) is 10.2. The summed E-state index contributed by atoms with van der Waals surface area (Å²) in [5, 5.41) is 8.65. The van der Waals surface area contributed by atoms with E-state index in [-0.39, 0.29) is 6.42 Å². The van der Waals surface area contributed by atoms with Crippen LogP contribution in [0.1, 0.15) is 36.9 Å². The molecule has 3 nitrogen and oxygen atoms in total. The second-order valence-corrected chi connectivity index (χ2v) is 4.66. The van der Waals surface area contributed by atoms with Gasteiger partial charge in [-0.1, -0.05) is 24.3 Å². The molecule has 92 valence electrons. The molecule has 1 aromatic carbocycles. The number of aliphatic carboxylic acids is 1. The lowest BCUT2D eigenvalue weighted by atomic mass is 9.93. The first-order valence-corrected chi connectivity index (χ1v) is 6.22. The van der Waals surface area contributed by atoms with E-state index in [0.717, 1.165) is 25.9 Å². The lowest BCUT2D eigenvalue weighted by Gasteiger charge is -2.35. The smallest absolute Gasteiger partial charge is 0.303 e. The van der Waals surface area contributed by atoms with Crippen LogP contribution in [0.3, 0.4) is 0 Å². The molecular weight excluding hydrogens is 214 g/mol. The van der Waals surface area contributed by atoms with Gasteiger partial charge in [-0.25, -0.2) is 0 Å². The Hall–Kier alpha value is -1.35. The fourth-order valence-electron chi connectivity index (χ4n) is 2.56. The van der Waals surface area contributed by atoms with Crippen molar-refractivity contribution in [3.8, 4) is 0 Å². The Labute approximate surface area is 102 Å². The minimum Gasteiger partial charge on any atom is -0.481 e. The third kappa shape index (κ3) is 2.86. The Bertz CT molecular complexity index is 403. The predicted molar refractivity (Wildman–Crippen MR) is 67.0 cm³/mol. The molecule has 0 unspecified atom stereocenters. The maximum absolute atomic E-state index is 10.5. The molecule has 1 atom stereocenters. The second kappa shape index (κ2) is 5.32. The van der Waals surface area contributed by atoms with Gasteiger partial charge in [0.05, 0.1) is 0 Å². The van der Waals surface area contributed by atoms with Gasteiger partial charge < -0.3 is 5.11 Å². The van der Waals surface area contributed by atoms with Gasteiger partial charge in [0.15, 0.2) is 0 Å². The molecule has 1 N–H and O–H groups in total. The Morgan fingerprint density at radius 3 is 3.00 bits per heavy atom. The first-order chi connectivity index (χ1) is 8.18. The van der Waals surface area contributed by atoms with Crippen molar-refractivity contribution in [2.24, 2.45) is 0 Å². The number of fused-ring (bicyclic) bond motifs is 1. The van der Waals surface area contributed by atoms with E-state index in [9.17, 15) is 4.79 Å². The third-order valence-electron chi connectivity index (χ3n) is 3.56. The van der Waals surface area contributed by atoms with Gasteiger partial charge in [-0.15, -0.1) is 0 Å². The van der Waals surface area contributed by atoms with E-state index in [1.807, 2.05) is 0 Å². The molecule has 0 bridgehead atoms. The molecule has 0 spiro atoms. The zero-order valence-corrected chi connectivity index (χ0v) is 10.2. The van der Waals surface area contributed by atoms with Gasteiger partial charge in [0, 0.05) is 19.0 Å². The van der Waals surface area contributed by atoms with E-state index >= 15 is 0 Å². The summed E-state index contributed by atoms with van der Waals surface area (Å²) in [6, 6.07) is 8.96. The molecule has 0 aromatic heterocycles. The Balaban J connectivity index is 1.97. The molecular formula is C14H19NO2. The monoisotopic (exact) mass is 233 g/mol. The maximum Gasteiger partial charge on any atom is 0.303 e. The highest BCUT2D eigenvalue weighted by molar-refractivity contribution is 5.66. The van der Waals surface area contributed by atoms with Crippen molar-refractivity contribution in [2.75, 3.05) is 13.1 Å². The minimum atomic E-state index is -0.699. The Kier molecular flexibility index (Phi) is 3.79. The molecule has 3 heteroatoms. The van der Waals surface area contributed by atoms with E-state index in [0.29, 0.717) is 6.04 Å². The van der Waals surface area contributed by atoms with E-state index in [1.54, 1.807) is 0 Å². The minimum absolute atomic E-state index is 0.269. The average molecular weight is 233 g/mol. The zero-order chi connectivity index (χ0) is 12.3. The molecule has 17 heavy (non-hydrogen) atoms. The molecule has 0 saturated carbocycles. The topological polar surface area (TPSA) is 40.5 Å². The van der Waals surface area contributed by atoms with Gasteiger partial charge in [0.25, 0.3) is 0 Å². The number of nitrogens with zero attached hydrogens (tertiary/aromatic N) is 1. The first kappa shape index (κ1) is 12.1. The van der Waals surface area contributed by atoms with Crippen LogP contribution < -0.4 is 0 Å². The van der Waals surface area contributed by atoms with Crippen LogP contribution in [0.25, 0.3) is 0 Å². The summed E-state index contributed by atoms with van der Waals surface area (Å²) in [6.07, 6.45) is 2.08. The lowest BCUT2D eigenvalue weighted by molar-refractivity contribution is -0.137. The molecule has 0 radical (unpaired) electrons. The van der Waals surface area contributed by atoms with Crippen LogP contribution in [0.2, 0.25) is 0 Å². The quantitative estimate of drug-likeness (QED) is 0.868. The second-order valence-electron chi connectivity index (χ2n) is 4.66. The molecule has 1 aromatic rings. The van der Waals surface area contributed by atoms with Crippen molar-refractivity contribution >= 4 is 5.97 Å². The molecule has 0 aliphatic carbocycles. The van der Waals surface area contributed by atoms with Crippen LogP contribution >= 0.6 is 0 Å². The Morgan fingerprint density at radius 2 is 2.24 bits per heavy atom. The highest BCUT2D eigenvalue weighted by Gasteiger charge is 2.22. The fourth-order valence-corrected chi connectivity index (χ4v) is 2.56. The van der Waals surface area contributed by atoms with Gasteiger partial charge in [-0.2, -0.15) is 0 Å². The van der Waals surface area contributed by atoms with Gasteiger partial charge in [-0.05, 0) is 37.4 Å². The van der Waals surface area contributed by atoms with Gasteiger partial charge >= 0.3 is 5.97 Å². The van der Waals surface area contributed by atoms with Crippen LogP contribution in [0, 0.1) is 0 Å². The van der Waals surface area contributed by atoms with Gasteiger partial charge in [0.2, 0.25) is 0 Å². The van der Waals surface area contributed by atoms with E-state index in [2.05, 4.69) is 36.1 Å². The summed E-state index contributed by atoms with van der Waals surface area (Å²) < 4.78 is 0. The van der Waals surface area contributed by atoms with Crippen molar-refractivity contribution in [3.63, 3.8) is 0 Å². The summed E-state index contributed by atoms with van der Waals surface area (Å²) in [4.78, 5) is 12.9. The molecule has 1 aliphatic heterocycles. The highest BCUT2D eigenvalue weighted by Crippen LogP contribution is 2.28. The van der Waals surface area contributed by atoms with Gasteiger partial charge in [-0.3, -0.25) is 9.69 Å². The lowest BCUT2D eigenvalue weighted by Crippen LogP contribution is -2.34. The number of hydrogen-bond acceptors (Lipinski definition) is 2. The summed E-state index contributed by atoms with van der Waals surface area (Å²) in [5.74, 6) is -0.699. The molecule has 1 aliphatic rings. The largest absolute Gasteiger partial charge is 0.481 e. The molecule has 1 heterocycles. The van der Waals surface area contributed by atoms with Crippen LogP contribution in [-0.2, 0) is 11.2 Å². The maximum atomic E-state index is 10.5. The first-order valence-electron chi connectivity index (χ1n) is 6.22. The third-order valence-corrected chi connectivity index (χ3v) is 3.56. The normalized spacial score (nSPS) is 19.9. The van der Waals surface area contributed by atoms with Crippen LogP contribution in [0.4, 0.5) is 0 Å². The summed E-state index contributed by atoms with van der Waals surface area (Å²) in [5.41, 5.74) is 2.84. The summed E-state index contributed by atoms with van der Waals surface area (Å²) in [6.45, 7) is 4.12. The Morgan fingerprint density at radius 1 is 1.47 bits per heavy atom. The van der Waals surface area contributed by atoms with Crippen molar-refractivity contribution in [2.45, 2.75) is 32.2 Å². The van der Waals surface area contributed by atoms with E-state index < -0.39 is 5.97 Å². The van der Waals surface area contributed by atoms with Crippen LogP contribution in [0.15, 0.2) is 24.3 Å². The number of hydrogen-bond donors (Lipinski definition) is 1. The van der Waals surface area contributed by atoms with Crippen molar-refractivity contribution in [1.29, 1.82) is 0 Å². The predicted octanol–water partition coefficient (Wildman–Crippen LogP) is 2.47. The number of rotatable bonds is 4. The van der Waals surface area contributed by atoms with Crippen molar-refractivity contribution in [1.82, 2.24) is 4.90 Å². The number of benzene rings is 1. The average Bonchev–Trinajstić information content (AvgIpc) is 2.32. The van der Waals surface area contributed by atoms with Crippen LogP contribution in [0.5, 0.6) is 0 Å². The SMILES string of the molecule is C[C@H]1c2ccccc2CCN1CCCC(=O)O. The van der Waals surface area contributed by atoms with Crippen molar-refractivity contribution in [3.05, 3.63) is 35.4 Å².